The fourth-order valence-corrected chi connectivity index (χ4v) is 3.23. The smallest absolute Gasteiger partial charge is 0.240 e. The number of aryl methyl sites for hydroxylation is 3. The van der Waals surface area contributed by atoms with Crippen LogP contribution in [0.15, 0.2) is 27.5 Å². The van der Waals surface area contributed by atoms with E-state index < -0.39 is 10.0 Å². The van der Waals surface area contributed by atoms with Crippen molar-refractivity contribution in [2.24, 2.45) is 0 Å². The van der Waals surface area contributed by atoms with Gasteiger partial charge in [0.25, 0.3) is 0 Å². The molecule has 0 aliphatic heterocycles. The molecule has 1 N–H and O–H groups in total. The van der Waals surface area contributed by atoms with Crippen LogP contribution < -0.4 is 4.72 Å². The number of oxazole rings is 1. The van der Waals surface area contributed by atoms with E-state index in [4.69, 9.17) is 16.0 Å². The first-order valence-corrected chi connectivity index (χ1v) is 8.34. The quantitative estimate of drug-likeness (QED) is 0.916. The summed E-state index contributed by atoms with van der Waals surface area (Å²) in [6.45, 7) is 5.65. The SMILES string of the molecule is Cc1nc(C)c(CCNS(=O)(=O)c2ccc(C)c(Cl)c2)o1. The Morgan fingerprint density at radius 2 is 2.00 bits per heavy atom. The molecule has 0 aliphatic rings. The second-order valence-electron chi connectivity index (χ2n) is 4.80. The van der Waals surface area contributed by atoms with Gasteiger partial charge in [0, 0.05) is 24.9 Å². The third-order valence-electron chi connectivity index (χ3n) is 3.10. The van der Waals surface area contributed by atoms with Crippen molar-refractivity contribution in [3.05, 3.63) is 46.1 Å². The summed E-state index contributed by atoms with van der Waals surface area (Å²) in [5, 5.41) is 0.430. The predicted molar refractivity (Wildman–Crippen MR) is 81.1 cm³/mol. The molecule has 0 radical (unpaired) electrons. The zero-order valence-corrected chi connectivity index (χ0v) is 13.7. The van der Waals surface area contributed by atoms with Crippen molar-refractivity contribution in [1.29, 1.82) is 0 Å². The van der Waals surface area contributed by atoms with Gasteiger partial charge in [-0.1, -0.05) is 17.7 Å². The highest BCUT2D eigenvalue weighted by Crippen LogP contribution is 2.19. The van der Waals surface area contributed by atoms with Crippen molar-refractivity contribution < 1.29 is 12.8 Å². The van der Waals surface area contributed by atoms with Crippen LogP contribution in [0.25, 0.3) is 0 Å². The zero-order chi connectivity index (χ0) is 15.6. The Balaban J connectivity index is 2.04. The van der Waals surface area contributed by atoms with E-state index >= 15 is 0 Å². The number of nitrogens with one attached hydrogen (secondary N) is 1. The lowest BCUT2D eigenvalue weighted by Crippen LogP contribution is -2.26. The number of benzene rings is 1. The van der Waals surface area contributed by atoms with E-state index in [0.29, 0.717) is 23.1 Å². The van der Waals surface area contributed by atoms with Crippen molar-refractivity contribution in [3.8, 4) is 0 Å². The van der Waals surface area contributed by atoms with Gasteiger partial charge in [-0.3, -0.25) is 0 Å². The van der Waals surface area contributed by atoms with E-state index in [9.17, 15) is 8.42 Å². The first-order valence-electron chi connectivity index (χ1n) is 6.48. The Bertz CT molecular complexity index is 754. The molecule has 1 aromatic heterocycles. The number of nitrogens with zero attached hydrogens (tertiary/aromatic N) is 1. The van der Waals surface area contributed by atoms with Crippen LogP contribution in [0.2, 0.25) is 5.02 Å². The standard InChI is InChI=1S/C14H17ClN2O3S/c1-9-4-5-12(8-13(9)15)21(18,19)16-7-6-14-10(2)17-11(3)20-14/h4-5,8,16H,6-7H2,1-3H3. The van der Waals surface area contributed by atoms with Crippen LogP contribution in [0.1, 0.15) is 22.9 Å². The van der Waals surface area contributed by atoms with Gasteiger partial charge in [0.05, 0.1) is 10.6 Å². The number of hydrogen-bond acceptors (Lipinski definition) is 4. The normalized spacial score (nSPS) is 11.8. The molecule has 114 valence electrons. The van der Waals surface area contributed by atoms with Gasteiger partial charge >= 0.3 is 0 Å². The minimum atomic E-state index is -3.57. The lowest BCUT2D eigenvalue weighted by atomic mass is 10.2. The van der Waals surface area contributed by atoms with Crippen LogP contribution >= 0.6 is 11.6 Å². The van der Waals surface area contributed by atoms with Gasteiger partial charge in [-0.2, -0.15) is 0 Å². The molecule has 2 aromatic rings. The summed E-state index contributed by atoms with van der Waals surface area (Å²) in [6.07, 6.45) is 0.450. The lowest BCUT2D eigenvalue weighted by Gasteiger charge is -2.07. The third kappa shape index (κ3) is 3.84. The van der Waals surface area contributed by atoms with Crippen molar-refractivity contribution >= 4 is 21.6 Å². The highest BCUT2D eigenvalue weighted by Gasteiger charge is 2.15. The van der Waals surface area contributed by atoms with Crippen molar-refractivity contribution in [1.82, 2.24) is 9.71 Å². The second kappa shape index (κ2) is 6.17. The minimum Gasteiger partial charge on any atom is -0.446 e. The highest BCUT2D eigenvalue weighted by molar-refractivity contribution is 7.89. The molecule has 7 heteroatoms. The Morgan fingerprint density at radius 1 is 1.29 bits per heavy atom. The Hall–Kier alpha value is -1.37. The maximum Gasteiger partial charge on any atom is 0.240 e. The summed E-state index contributed by atoms with van der Waals surface area (Å²) in [5.41, 5.74) is 1.62. The van der Waals surface area contributed by atoms with Gasteiger partial charge in [-0.05, 0) is 31.5 Å². The molecule has 0 fully saturated rings. The van der Waals surface area contributed by atoms with Crippen molar-refractivity contribution in [2.45, 2.75) is 32.1 Å². The number of rotatable bonds is 5. The summed E-state index contributed by atoms with van der Waals surface area (Å²) in [6, 6.07) is 4.66. The fraction of sp³-hybridized carbons (Fsp3) is 0.357. The molecule has 1 heterocycles. The van der Waals surface area contributed by atoms with Crippen molar-refractivity contribution in [3.63, 3.8) is 0 Å². The van der Waals surface area contributed by atoms with Crippen LogP contribution in [-0.2, 0) is 16.4 Å². The van der Waals surface area contributed by atoms with Crippen LogP contribution in [0.3, 0.4) is 0 Å². The van der Waals surface area contributed by atoms with Crippen LogP contribution in [0.4, 0.5) is 0 Å². The molecule has 0 saturated carbocycles. The largest absolute Gasteiger partial charge is 0.446 e. The van der Waals surface area contributed by atoms with E-state index in [0.717, 1.165) is 11.3 Å². The van der Waals surface area contributed by atoms with E-state index in [1.807, 2.05) is 13.8 Å². The zero-order valence-electron chi connectivity index (χ0n) is 12.1. The predicted octanol–water partition coefficient (Wildman–Crippen LogP) is 2.77. The average Bonchev–Trinajstić information content (AvgIpc) is 2.71. The first-order chi connectivity index (χ1) is 9.79. The van der Waals surface area contributed by atoms with Gasteiger partial charge in [-0.15, -0.1) is 0 Å². The molecular weight excluding hydrogens is 312 g/mol. The van der Waals surface area contributed by atoms with Gasteiger partial charge in [0.15, 0.2) is 5.89 Å². The summed E-state index contributed by atoms with van der Waals surface area (Å²) < 4.78 is 32.3. The average molecular weight is 329 g/mol. The Morgan fingerprint density at radius 3 is 2.57 bits per heavy atom. The number of hydrogen-bond donors (Lipinski definition) is 1. The van der Waals surface area contributed by atoms with Gasteiger partial charge < -0.3 is 4.42 Å². The molecule has 0 spiro atoms. The second-order valence-corrected chi connectivity index (χ2v) is 6.97. The minimum absolute atomic E-state index is 0.156. The molecule has 5 nitrogen and oxygen atoms in total. The monoisotopic (exact) mass is 328 g/mol. The third-order valence-corrected chi connectivity index (χ3v) is 4.96. The highest BCUT2D eigenvalue weighted by atomic mass is 35.5. The van der Waals surface area contributed by atoms with Crippen LogP contribution in [0, 0.1) is 20.8 Å². The molecule has 0 bridgehead atoms. The van der Waals surface area contributed by atoms with E-state index in [2.05, 4.69) is 9.71 Å². The van der Waals surface area contributed by atoms with Gasteiger partial charge in [0.2, 0.25) is 10.0 Å². The van der Waals surface area contributed by atoms with Gasteiger partial charge in [-0.25, -0.2) is 18.1 Å². The molecule has 0 saturated heterocycles. The molecule has 0 amide bonds. The molecule has 0 unspecified atom stereocenters. The maximum absolute atomic E-state index is 12.2. The van der Waals surface area contributed by atoms with Crippen LogP contribution in [-0.4, -0.2) is 19.9 Å². The molecule has 0 aliphatic carbocycles. The lowest BCUT2D eigenvalue weighted by molar-refractivity contribution is 0.472. The van der Waals surface area contributed by atoms with Crippen LogP contribution in [0.5, 0.6) is 0 Å². The topological polar surface area (TPSA) is 72.2 Å². The Labute approximate surface area is 129 Å². The first kappa shape index (κ1) is 16.0. The molecule has 1 aromatic carbocycles. The maximum atomic E-state index is 12.2. The van der Waals surface area contributed by atoms with E-state index in [1.54, 1.807) is 13.0 Å². The van der Waals surface area contributed by atoms with E-state index in [-0.39, 0.29) is 11.4 Å². The molecular formula is C14H17ClN2O3S. The number of aromatic nitrogens is 1. The summed E-state index contributed by atoms with van der Waals surface area (Å²) in [5.74, 6) is 1.27. The molecule has 2 rings (SSSR count). The number of halogens is 1. The summed E-state index contributed by atoms with van der Waals surface area (Å²) in [7, 11) is -3.57. The fourth-order valence-electron chi connectivity index (χ4n) is 1.93. The summed E-state index contributed by atoms with van der Waals surface area (Å²) in [4.78, 5) is 4.30. The molecule has 21 heavy (non-hydrogen) atoms. The van der Waals surface area contributed by atoms with Crippen molar-refractivity contribution in [2.75, 3.05) is 6.54 Å². The van der Waals surface area contributed by atoms with E-state index in [1.165, 1.54) is 12.1 Å². The Kier molecular flexibility index (Phi) is 4.70. The molecule has 0 atom stereocenters. The van der Waals surface area contributed by atoms with Gasteiger partial charge in [0.1, 0.15) is 5.76 Å². The number of sulfonamides is 1. The summed E-state index contributed by atoms with van der Waals surface area (Å²) >= 11 is 5.96.